The third-order valence-corrected chi connectivity index (χ3v) is 4.01. The summed E-state index contributed by atoms with van der Waals surface area (Å²) in [5.41, 5.74) is -1.22. The van der Waals surface area contributed by atoms with E-state index in [9.17, 15) is 23.1 Å². The van der Waals surface area contributed by atoms with Crippen LogP contribution in [0.25, 0.3) is 0 Å². The van der Waals surface area contributed by atoms with Crippen LogP contribution in [0.2, 0.25) is 0 Å². The molecule has 1 aliphatic rings. The molecule has 0 aromatic carbocycles. The molecule has 9 heteroatoms. The summed E-state index contributed by atoms with van der Waals surface area (Å²) in [6.45, 7) is 0. The predicted molar refractivity (Wildman–Crippen MR) is 62.0 cm³/mol. The molecule has 0 atom stereocenters. The number of aromatic nitrogens is 2. The first kappa shape index (κ1) is 14.0. The Balaban J connectivity index is 2.18. The molecule has 106 valence electrons. The lowest BCUT2D eigenvalue weighted by molar-refractivity contribution is -0.143. The van der Waals surface area contributed by atoms with Gasteiger partial charge in [0.05, 0.1) is 0 Å². The van der Waals surface area contributed by atoms with Crippen LogP contribution in [0.15, 0.2) is 0 Å². The van der Waals surface area contributed by atoms with Crippen LogP contribution in [0.4, 0.5) is 18.3 Å². The zero-order valence-electron chi connectivity index (χ0n) is 9.83. The Morgan fingerprint density at radius 3 is 2.37 bits per heavy atom. The van der Waals surface area contributed by atoms with Crippen molar-refractivity contribution in [3.63, 3.8) is 0 Å². The van der Waals surface area contributed by atoms with Crippen molar-refractivity contribution >= 4 is 22.4 Å². The monoisotopic (exact) mass is 295 g/mol. The Bertz CT molecular complexity index is 469. The highest BCUT2D eigenvalue weighted by Crippen LogP contribution is 2.36. The van der Waals surface area contributed by atoms with E-state index >= 15 is 0 Å². The zero-order valence-corrected chi connectivity index (χ0v) is 10.6. The molecular formula is C10H12F3N3O2S. The second kappa shape index (κ2) is 4.95. The Labute approximate surface area is 110 Å². The largest absolute Gasteiger partial charge is 0.480 e. The van der Waals surface area contributed by atoms with Gasteiger partial charge in [0.15, 0.2) is 0 Å². The van der Waals surface area contributed by atoms with Gasteiger partial charge in [0.1, 0.15) is 5.54 Å². The molecule has 1 aliphatic carbocycles. The molecule has 1 saturated carbocycles. The Morgan fingerprint density at radius 2 is 1.89 bits per heavy atom. The molecule has 0 bridgehead atoms. The van der Waals surface area contributed by atoms with Crippen LogP contribution >= 0.6 is 11.3 Å². The van der Waals surface area contributed by atoms with E-state index in [4.69, 9.17) is 0 Å². The standard InChI is InChI=1S/C10H12F3N3O2S/c11-10(12,13)6-15-16-8(19-6)14-9(7(17)18)4-2-1-3-5-9/h1-5H2,(H,14,16)(H,17,18). The second-order valence-electron chi connectivity index (χ2n) is 4.48. The molecule has 0 spiro atoms. The van der Waals surface area contributed by atoms with Gasteiger partial charge >= 0.3 is 12.1 Å². The quantitative estimate of drug-likeness (QED) is 0.896. The fourth-order valence-electron chi connectivity index (χ4n) is 2.14. The highest BCUT2D eigenvalue weighted by molar-refractivity contribution is 7.15. The maximum Gasteiger partial charge on any atom is 0.445 e. The number of rotatable bonds is 3. The third-order valence-electron chi connectivity index (χ3n) is 3.13. The molecule has 1 aromatic rings. The van der Waals surface area contributed by atoms with Crippen molar-refractivity contribution in [1.82, 2.24) is 10.2 Å². The SMILES string of the molecule is O=C(O)C1(Nc2nnc(C(F)(F)F)s2)CCCCC1. The predicted octanol–water partition coefficient (Wildman–Crippen LogP) is 2.76. The zero-order chi connectivity index (χ0) is 14.1. The molecule has 0 saturated heterocycles. The van der Waals surface area contributed by atoms with Crippen molar-refractivity contribution in [3.8, 4) is 0 Å². The van der Waals surface area contributed by atoms with Gasteiger partial charge in [0.2, 0.25) is 10.1 Å². The minimum absolute atomic E-state index is 0.100. The molecule has 5 nitrogen and oxygen atoms in total. The summed E-state index contributed by atoms with van der Waals surface area (Å²) >= 11 is 0.328. The van der Waals surface area contributed by atoms with E-state index in [1.807, 2.05) is 0 Å². The van der Waals surface area contributed by atoms with Crippen LogP contribution in [-0.2, 0) is 11.0 Å². The van der Waals surface area contributed by atoms with Gasteiger partial charge in [0.25, 0.3) is 0 Å². The van der Waals surface area contributed by atoms with Gasteiger partial charge in [0, 0.05) is 0 Å². The van der Waals surface area contributed by atoms with Crippen molar-refractivity contribution in [3.05, 3.63) is 5.01 Å². The fraction of sp³-hybridized carbons (Fsp3) is 0.700. The number of halogens is 3. The van der Waals surface area contributed by atoms with Crippen molar-refractivity contribution in [1.29, 1.82) is 0 Å². The lowest BCUT2D eigenvalue weighted by Gasteiger charge is -2.33. The lowest BCUT2D eigenvalue weighted by atomic mass is 9.82. The maximum atomic E-state index is 12.4. The molecule has 19 heavy (non-hydrogen) atoms. The first-order chi connectivity index (χ1) is 8.83. The summed E-state index contributed by atoms with van der Waals surface area (Å²) in [5.74, 6) is -1.06. The van der Waals surface area contributed by atoms with E-state index in [0.717, 1.165) is 19.3 Å². The van der Waals surface area contributed by atoms with Gasteiger partial charge in [-0.05, 0) is 12.8 Å². The summed E-state index contributed by atoms with van der Waals surface area (Å²) in [6.07, 6.45) is -1.41. The van der Waals surface area contributed by atoms with Crippen LogP contribution in [-0.4, -0.2) is 26.8 Å². The molecular weight excluding hydrogens is 283 g/mol. The number of carbonyl (C=O) groups is 1. The summed E-state index contributed by atoms with van der Waals surface area (Å²) in [4.78, 5) is 11.4. The van der Waals surface area contributed by atoms with Gasteiger partial charge in [-0.15, -0.1) is 10.2 Å². The van der Waals surface area contributed by atoms with Gasteiger partial charge in [-0.1, -0.05) is 30.6 Å². The molecule has 1 aromatic heterocycles. The van der Waals surface area contributed by atoms with Gasteiger partial charge in [-0.3, -0.25) is 0 Å². The smallest absolute Gasteiger partial charge is 0.445 e. The Hall–Kier alpha value is -1.38. The summed E-state index contributed by atoms with van der Waals surface area (Å²) < 4.78 is 37.2. The van der Waals surface area contributed by atoms with Gasteiger partial charge in [-0.25, -0.2) is 4.79 Å². The molecule has 0 aliphatic heterocycles. The Morgan fingerprint density at radius 1 is 1.26 bits per heavy atom. The Kier molecular flexibility index (Phi) is 3.66. The van der Waals surface area contributed by atoms with Crippen LogP contribution < -0.4 is 5.32 Å². The number of carboxylic acids is 1. The molecule has 0 unspecified atom stereocenters. The normalized spacial score (nSPS) is 19.1. The molecule has 1 fully saturated rings. The maximum absolute atomic E-state index is 12.4. The van der Waals surface area contributed by atoms with E-state index in [0.29, 0.717) is 24.2 Å². The third kappa shape index (κ3) is 2.96. The minimum Gasteiger partial charge on any atom is -0.480 e. The first-order valence-electron chi connectivity index (χ1n) is 5.76. The first-order valence-corrected chi connectivity index (χ1v) is 6.57. The molecule has 2 rings (SSSR count). The highest BCUT2D eigenvalue weighted by Gasteiger charge is 2.41. The van der Waals surface area contributed by atoms with Crippen LogP contribution in [0, 0.1) is 0 Å². The van der Waals surface area contributed by atoms with Crippen molar-refractivity contribution in [2.45, 2.75) is 43.8 Å². The molecule has 0 radical (unpaired) electrons. The minimum atomic E-state index is -4.56. The van der Waals surface area contributed by atoms with Crippen LogP contribution in [0.3, 0.4) is 0 Å². The van der Waals surface area contributed by atoms with E-state index in [-0.39, 0.29) is 5.13 Å². The average Bonchev–Trinajstić information content (AvgIpc) is 2.78. The van der Waals surface area contributed by atoms with E-state index in [1.54, 1.807) is 0 Å². The molecule has 2 N–H and O–H groups in total. The number of hydrogen-bond acceptors (Lipinski definition) is 5. The number of nitrogens with one attached hydrogen (secondary N) is 1. The number of nitrogens with zero attached hydrogens (tertiary/aromatic N) is 2. The van der Waals surface area contributed by atoms with Crippen molar-refractivity contribution < 1.29 is 23.1 Å². The molecule has 1 heterocycles. The van der Waals surface area contributed by atoms with Crippen molar-refractivity contribution in [2.24, 2.45) is 0 Å². The summed E-state index contributed by atoms with van der Waals surface area (Å²) in [6, 6.07) is 0. The summed E-state index contributed by atoms with van der Waals surface area (Å²) in [5, 5.41) is 17.2. The van der Waals surface area contributed by atoms with E-state index in [1.165, 1.54) is 0 Å². The fourth-order valence-corrected chi connectivity index (χ4v) is 2.85. The number of alkyl halides is 3. The van der Waals surface area contributed by atoms with E-state index < -0.39 is 22.7 Å². The lowest BCUT2D eigenvalue weighted by Crippen LogP contribution is -2.47. The number of hydrogen-bond donors (Lipinski definition) is 2. The van der Waals surface area contributed by atoms with Crippen LogP contribution in [0.1, 0.15) is 37.1 Å². The van der Waals surface area contributed by atoms with Gasteiger partial charge in [-0.2, -0.15) is 13.2 Å². The summed E-state index contributed by atoms with van der Waals surface area (Å²) in [7, 11) is 0. The number of anilines is 1. The average molecular weight is 295 g/mol. The van der Waals surface area contributed by atoms with E-state index in [2.05, 4.69) is 15.5 Å². The number of aliphatic carboxylic acids is 1. The topological polar surface area (TPSA) is 75.1 Å². The van der Waals surface area contributed by atoms with Crippen molar-refractivity contribution in [2.75, 3.05) is 5.32 Å². The highest BCUT2D eigenvalue weighted by atomic mass is 32.1. The van der Waals surface area contributed by atoms with Gasteiger partial charge < -0.3 is 10.4 Å². The van der Waals surface area contributed by atoms with Crippen LogP contribution in [0.5, 0.6) is 0 Å². The number of carboxylic acid groups (broad SMARTS) is 1. The molecule has 0 amide bonds. The second-order valence-corrected chi connectivity index (χ2v) is 5.46.